The van der Waals surface area contributed by atoms with Crippen molar-refractivity contribution in [2.45, 2.75) is 19.3 Å². The fraction of sp³-hybridized carbons (Fsp3) is 0.0667. The van der Waals surface area contributed by atoms with Gasteiger partial charge in [-0.1, -0.05) is 117 Å². The van der Waals surface area contributed by atoms with Crippen LogP contribution in [0.3, 0.4) is 0 Å². The van der Waals surface area contributed by atoms with Crippen molar-refractivity contribution < 1.29 is 5.11 Å². The van der Waals surface area contributed by atoms with Crippen molar-refractivity contribution in [2.24, 2.45) is 0 Å². The first kappa shape index (κ1) is 28.9. The van der Waals surface area contributed by atoms with Gasteiger partial charge >= 0.3 is 0 Å². The number of phenols is 1. The zero-order valence-electron chi connectivity index (χ0n) is 27.3. The van der Waals surface area contributed by atoms with Gasteiger partial charge in [-0.25, -0.2) is 9.97 Å². The molecule has 3 aromatic heterocycles. The summed E-state index contributed by atoms with van der Waals surface area (Å²) in [5.41, 5.74) is 15.5. The molecule has 0 unspecified atom stereocenters. The average Bonchev–Trinajstić information content (AvgIpc) is 3.65. The normalized spacial score (nSPS) is 12.9. The molecule has 9 rings (SSSR count). The van der Waals surface area contributed by atoms with Gasteiger partial charge in [0.2, 0.25) is 0 Å². The minimum Gasteiger partial charge on any atom is -0.507 e. The second-order valence-corrected chi connectivity index (χ2v) is 13.3. The summed E-state index contributed by atoms with van der Waals surface area (Å²) in [6.45, 7) is 4.64. The summed E-state index contributed by atoms with van der Waals surface area (Å²) < 4.78 is 2.20. The topological polar surface area (TPSA) is 50.4 Å². The summed E-state index contributed by atoms with van der Waals surface area (Å²) in [5, 5.41) is 10.8. The second kappa shape index (κ2) is 11.2. The van der Waals surface area contributed by atoms with E-state index in [1.165, 1.54) is 22.3 Å². The number of nitrogens with zero attached hydrogens (tertiary/aromatic N) is 3. The van der Waals surface area contributed by atoms with Crippen LogP contribution in [0.2, 0.25) is 0 Å². The van der Waals surface area contributed by atoms with Crippen molar-refractivity contribution in [3.05, 3.63) is 169 Å². The summed E-state index contributed by atoms with van der Waals surface area (Å²) in [7, 11) is 0. The molecule has 0 aliphatic heterocycles. The molecular weight excluding hydrogens is 599 g/mol. The predicted molar refractivity (Wildman–Crippen MR) is 199 cm³/mol. The van der Waals surface area contributed by atoms with Crippen LogP contribution in [-0.2, 0) is 5.41 Å². The Bertz CT molecular complexity index is 2540. The van der Waals surface area contributed by atoms with Crippen molar-refractivity contribution in [3.8, 4) is 73.0 Å². The molecule has 1 aliphatic rings. The quantitative estimate of drug-likeness (QED) is 0.206. The third-order valence-corrected chi connectivity index (χ3v) is 9.93. The zero-order chi connectivity index (χ0) is 33.1. The largest absolute Gasteiger partial charge is 0.507 e. The lowest BCUT2D eigenvalue weighted by Gasteiger charge is -2.22. The number of aromatic hydroxyl groups is 1. The number of rotatable bonds is 5. The van der Waals surface area contributed by atoms with E-state index in [1.54, 1.807) is 6.07 Å². The Hall–Kier alpha value is -6.26. The van der Waals surface area contributed by atoms with Crippen LogP contribution in [0.15, 0.2) is 158 Å². The van der Waals surface area contributed by atoms with Gasteiger partial charge in [0.15, 0.2) is 0 Å². The lowest BCUT2D eigenvalue weighted by Crippen LogP contribution is -2.15. The van der Waals surface area contributed by atoms with Crippen LogP contribution < -0.4 is 0 Å². The summed E-state index contributed by atoms with van der Waals surface area (Å²) in [6.07, 6.45) is 2.10. The maximum absolute atomic E-state index is 10.8. The fourth-order valence-corrected chi connectivity index (χ4v) is 7.45. The first-order chi connectivity index (χ1) is 24.0. The molecule has 1 N–H and O–H groups in total. The molecule has 4 nitrogen and oxygen atoms in total. The van der Waals surface area contributed by atoms with Crippen LogP contribution in [0.5, 0.6) is 5.75 Å². The molecule has 0 radical (unpaired) electrons. The molecule has 0 fully saturated rings. The number of fused-ring (bicyclic) bond motifs is 4. The monoisotopic (exact) mass is 631 g/mol. The zero-order valence-corrected chi connectivity index (χ0v) is 27.3. The molecule has 1 aliphatic carbocycles. The minimum atomic E-state index is -0.108. The van der Waals surface area contributed by atoms with E-state index in [2.05, 4.69) is 122 Å². The van der Waals surface area contributed by atoms with Crippen LogP contribution in [0, 0.1) is 0 Å². The van der Waals surface area contributed by atoms with E-state index in [9.17, 15) is 5.11 Å². The molecule has 0 saturated heterocycles. The van der Waals surface area contributed by atoms with Gasteiger partial charge in [-0.15, -0.1) is 0 Å². The van der Waals surface area contributed by atoms with E-state index in [-0.39, 0.29) is 11.2 Å². The maximum Gasteiger partial charge on any atom is 0.137 e. The van der Waals surface area contributed by atoms with Crippen molar-refractivity contribution in [1.82, 2.24) is 14.4 Å². The second-order valence-electron chi connectivity index (χ2n) is 13.3. The number of hydrogen-bond donors (Lipinski definition) is 1. The Morgan fingerprint density at radius 3 is 2.04 bits per heavy atom. The summed E-state index contributed by atoms with van der Waals surface area (Å²) in [4.78, 5) is 10.3. The molecule has 0 atom stereocenters. The van der Waals surface area contributed by atoms with E-state index in [0.29, 0.717) is 5.56 Å². The van der Waals surface area contributed by atoms with Crippen LogP contribution in [0.1, 0.15) is 25.0 Å². The Morgan fingerprint density at radius 2 is 1.18 bits per heavy atom. The van der Waals surface area contributed by atoms with Crippen molar-refractivity contribution in [1.29, 1.82) is 0 Å². The summed E-state index contributed by atoms with van der Waals surface area (Å²) >= 11 is 0. The molecule has 3 heterocycles. The SMILES string of the molecule is CC1(C)c2ccccc2-c2ccc(-c3c(-c4cccc(-c5cc(-c6ccccc6)cc(-c6ccccc6O)n5)c4)nc4ccccn34)cc21. The molecule has 0 spiro atoms. The highest BCUT2D eigenvalue weighted by Gasteiger charge is 2.35. The van der Waals surface area contributed by atoms with Crippen molar-refractivity contribution in [3.63, 3.8) is 0 Å². The minimum absolute atomic E-state index is 0.108. The van der Waals surface area contributed by atoms with Gasteiger partial charge in [0.25, 0.3) is 0 Å². The summed E-state index contributed by atoms with van der Waals surface area (Å²) in [5.74, 6) is 0.204. The molecule has 234 valence electrons. The number of hydrogen-bond acceptors (Lipinski definition) is 3. The lowest BCUT2D eigenvalue weighted by molar-refractivity contribution is 0.477. The van der Waals surface area contributed by atoms with Crippen molar-refractivity contribution >= 4 is 5.65 Å². The standard InChI is InChI=1S/C45H33N3O/c1-45(2)37-19-8-6-17-34(37)35-23-22-32(26-38(35)45)44-43(47-42-21-10-11-24-48(42)44)31-16-12-15-30(25-31)39-27-33(29-13-4-3-5-14-29)28-40(46-39)36-18-7-9-20-41(36)49/h3-28,49H,1-2H3. The predicted octanol–water partition coefficient (Wildman–Crippen LogP) is 11.1. The van der Waals surface area contributed by atoms with Crippen LogP contribution in [-0.4, -0.2) is 19.5 Å². The van der Waals surface area contributed by atoms with Gasteiger partial charge in [0.1, 0.15) is 11.4 Å². The van der Waals surface area contributed by atoms with E-state index in [4.69, 9.17) is 9.97 Å². The van der Waals surface area contributed by atoms with Gasteiger partial charge < -0.3 is 5.11 Å². The first-order valence-electron chi connectivity index (χ1n) is 16.6. The first-order valence-corrected chi connectivity index (χ1v) is 16.6. The van der Waals surface area contributed by atoms with Crippen LogP contribution >= 0.6 is 0 Å². The van der Waals surface area contributed by atoms with E-state index in [0.717, 1.165) is 56.2 Å². The number of para-hydroxylation sites is 1. The maximum atomic E-state index is 10.8. The Kier molecular flexibility index (Phi) is 6.60. The number of benzene rings is 5. The third kappa shape index (κ3) is 4.76. The molecule has 5 aromatic carbocycles. The molecule has 8 aromatic rings. The van der Waals surface area contributed by atoms with Gasteiger partial charge in [-0.2, -0.15) is 0 Å². The number of imidazole rings is 1. The van der Waals surface area contributed by atoms with Crippen LogP contribution in [0.25, 0.3) is 72.9 Å². The highest BCUT2D eigenvalue weighted by Crippen LogP contribution is 2.50. The molecule has 49 heavy (non-hydrogen) atoms. The third-order valence-electron chi connectivity index (χ3n) is 9.93. The van der Waals surface area contributed by atoms with Gasteiger partial charge in [-0.3, -0.25) is 4.40 Å². The number of aromatic nitrogens is 3. The van der Waals surface area contributed by atoms with Gasteiger partial charge in [0, 0.05) is 33.9 Å². The van der Waals surface area contributed by atoms with Crippen LogP contribution in [0.4, 0.5) is 0 Å². The summed E-state index contributed by atoms with van der Waals surface area (Å²) in [6, 6.07) is 52.1. The van der Waals surface area contributed by atoms with E-state index in [1.807, 2.05) is 48.5 Å². The molecule has 0 bridgehead atoms. The van der Waals surface area contributed by atoms with Gasteiger partial charge in [0.05, 0.1) is 22.8 Å². The molecule has 0 amide bonds. The fourth-order valence-electron chi connectivity index (χ4n) is 7.45. The highest BCUT2D eigenvalue weighted by atomic mass is 16.3. The Labute approximate surface area is 285 Å². The molecule has 4 heteroatoms. The molecule has 0 saturated carbocycles. The Balaban J connectivity index is 1.21. The smallest absolute Gasteiger partial charge is 0.137 e. The molecular formula is C45H33N3O. The van der Waals surface area contributed by atoms with E-state index < -0.39 is 0 Å². The lowest BCUT2D eigenvalue weighted by atomic mass is 9.82. The van der Waals surface area contributed by atoms with Gasteiger partial charge in [-0.05, 0) is 81.9 Å². The number of pyridine rings is 2. The number of phenolic OH excluding ortho intramolecular Hbond substituents is 1. The highest BCUT2D eigenvalue weighted by molar-refractivity contribution is 5.88. The average molecular weight is 632 g/mol. The Morgan fingerprint density at radius 1 is 0.490 bits per heavy atom. The van der Waals surface area contributed by atoms with Crippen molar-refractivity contribution in [2.75, 3.05) is 0 Å². The van der Waals surface area contributed by atoms with E-state index >= 15 is 0 Å².